The predicted molar refractivity (Wildman–Crippen MR) is 99.9 cm³/mol. The van der Waals surface area contributed by atoms with E-state index in [4.69, 9.17) is 4.74 Å². The fourth-order valence-corrected chi connectivity index (χ4v) is 3.00. The van der Waals surface area contributed by atoms with E-state index in [0.29, 0.717) is 18.4 Å². The molecule has 0 aliphatic heterocycles. The number of ether oxygens (including phenoxy) is 1. The molecule has 0 radical (unpaired) electrons. The molecular weight excluding hydrogens is 342 g/mol. The third kappa shape index (κ3) is 5.43. The van der Waals surface area contributed by atoms with Gasteiger partial charge in [0, 0.05) is 0 Å². The monoisotopic (exact) mass is 365 g/mol. The summed E-state index contributed by atoms with van der Waals surface area (Å²) in [6.07, 6.45) is 4.29. The molecule has 1 fully saturated rings. The van der Waals surface area contributed by atoms with Crippen molar-refractivity contribution in [2.45, 2.75) is 57.6 Å². The predicted octanol–water partition coefficient (Wildman–Crippen LogP) is 3.18. The maximum Gasteiger partial charge on any atom is 0.349 e. The highest BCUT2D eigenvalue weighted by molar-refractivity contribution is 5.99. The van der Waals surface area contributed by atoms with Crippen molar-refractivity contribution in [3.63, 3.8) is 0 Å². The van der Waals surface area contributed by atoms with Gasteiger partial charge in [0.15, 0.2) is 6.10 Å². The number of nitrogens with zero attached hydrogens (tertiary/aromatic N) is 2. The summed E-state index contributed by atoms with van der Waals surface area (Å²) in [6.45, 7) is 3.37. The quantitative estimate of drug-likeness (QED) is 0.490. The molecule has 1 amide bonds. The number of hydrogen-bond donors (Lipinski definition) is 1. The van der Waals surface area contributed by atoms with Gasteiger partial charge in [0.05, 0.1) is 6.07 Å². The van der Waals surface area contributed by atoms with Crippen LogP contribution in [0.15, 0.2) is 29.8 Å². The van der Waals surface area contributed by atoms with E-state index in [1.165, 1.54) is 13.0 Å². The highest BCUT2D eigenvalue weighted by Gasteiger charge is 2.35. The number of esters is 1. The zero-order valence-corrected chi connectivity index (χ0v) is 15.6. The van der Waals surface area contributed by atoms with Gasteiger partial charge >= 0.3 is 5.97 Å². The van der Waals surface area contributed by atoms with E-state index in [1.807, 2.05) is 25.1 Å². The molecule has 1 aromatic carbocycles. The lowest BCUT2D eigenvalue weighted by Gasteiger charge is -2.32. The van der Waals surface area contributed by atoms with E-state index in [-0.39, 0.29) is 5.57 Å². The maximum absolute atomic E-state index is 12.4. The highest BCUT2D eigenvalue weighted by atomic mass is 16.5. The Morgan fingerprint density at radius 1 is 1.19 bits per heavy atom. The molecule has 0 unspecified atom stereocenters. The number of amides is 1. The first-order valence-electron chi connectivity index (χ1n) is 9.02. The molecule has 6 nitrogen and oxygen atoms in total. The summed E-state index contributed by atoms with van der Waals surface area (Å²) in [5.41, 5.74) is 0.668. The third-order valence-electron chi connectivity index (χ3n) is 4.67. The van der Waals surface area contributed by atoms with Gasteiger partial charge in [-0.1, -0.05) is 49.1 Å². The Kier molecular flexibility index (Phi) is 6.73. The van der Waals surface area contributed by atoms with Gasteiger partial charge in [-0.3, -0.25) is 4.79 Å². The van der Waals surface area contributed by atoms with Gasteiger partial charge in [-0.25, -0.2) is 4.79 Å². The zero-order valence-electron chi connectivity index (χ0n) is 15.6. The van der Waals surface area contributed by atoms with E-state index in [0.717, 1.165) is 24.8 Å². The van der Waals surface area contributed by atoms with Crippen molar-refractivity contribution in [1.82, 2.24) is 5.32 Å². The zero-order chi connectivity index (χ0) is 19.9. The van der Waals surface area contributed by atoms with Crippen LogP contribution < -0.4 is 5.32 Å². The Hall–Kier alpha value is -3.12. The Morgan fingerprint density at radius 3 is 2.37 bits per heavy atom. The molecule has 0 bridgehead atoms. The first-order chi connectivity index (χ1) is 12.9. The van der Waals surface area contributed by atoms with Crippen molar-refractivity contribution in [3.05, 3.63) is 41.0 Å². The summed E-state index contributed by atoms with van der Waals surface area (Å²) >= 11 is 0. The van der Waals surface area contributed by atoms with Crippen molar-refractivity contribution < 1.29 is 14.3 Å². The first-order valence-corrected chi connectivity index (χ1v) is 9.02. The number of carbonyl (C=O) groups is 2. The van der Waals surface area contributed by atoms with Crippen LogP contribution in [-0.2, 0) is 14.3 Å². The number of aryl methyl sites for hydroxylation is 1. The van der Waals surface area contributed by atoms with Crippen LogP contribution in [0.25, 0.3) is 6.08 Å². The molecule has 6 heteroatoms. The number of hydrogen-bond acceptors (Lipinski definition) is 5. The average molecular weight is 365 g/mol. The number of rotatable bonds is 5. The lowest BCUT2D eigenvalue weighted by atomic mass is 9.83. The van der Waals surface area contributed by atoms with Crippen LogP contribution in [0.1, 0.15) is 50.2 Å². The van der Waals surface area contributed by atoms with Gasteiger partial charge in [-0.05, 0) is 38.3 Å². The lowest BCUT2D eigenvalue weighted by Crippen LogP contribution is -2.52. The van der Waals surface area contributed by atoms with Crippen LogP contribution in [0, 0.1) is 29.6 Å². The summed E-state index contributed by atoms with van der Waals surface area (Å²) < 4.78 is 5.14. The Bertz CT molecular complexity index is 807. The standard InChI is InChI=1S/C21H23N3O3/c1-15-6-8-17(9-7-15)12-18(13-22)20(26)27-16(2)19(25)24-21(14-23)10-4-3-5-11-21/h6-9,12,16H,3-5,10-11H2,1-2H3,(H,24,25)/b18-12+/t16-/m1/s1. The van der Waals surface area contributed by atoms with Crippen LogP contribution in [0.3, 0.4) is 0 Å². The second-order valence-electron chi connectivity index (χ2n) is 6.87. The van der Waals surface area contributed by atoms with Crippen LogP contribution in [0.2, 0.25) is 0 Å². The molecule has 0 saturated heterocycles. The molecule has 0 spiro atoms. The lowest BCUT2D eigenvalue weighted by molar-refractivity contribution is -0.151. The number of nitriles is 2. The molecule has 0 heterocycles. The summed E-state index contributed by atoms with van der Waals surface area (Å²) in [5.74, 6) is -1.39. The van der Waals surface area contributed by atoms with Crippen LogP contribution in [0.4, 0.5) is 0 Å². The van der Waals surface area contributed by atoms with Crippen molar-refractivity contribution in [2.24, 2.45) is 0 Å². The number of carbonyl (C=O) groups excluding carboxylic acids is 2. The van der Waals surface area contributed by atoms with Gasteiger partial charge in [0.1, 0.15) is 17.2 Å². The molecule has 1 aliphatic carbocycles. The van der Waals surface area contributed by atoms with Gasteiger partial charge in [-0.15, -0.1) is 0 Å². The Morgan fingerprint density at radius 2 is 1.81 bits per heavy atom. The Labute approximate surface area is 159 Å². The van der Waals surface area contributed by atoms with Crippen molar-refractivity contribution in [1.29, 1.82) is 10.5 Å². The molecular formula is C21H23N3O3. The topological polar surface area (TPSA) is 103 Å². The van der Waals surface area contributed by atoms with Gasteiger partial charge < -0.3 is 10.1 Å². The third-order valence-corrected chi connectivity index (χ3v) is 4.67. The SMILES string of the molecule is Cc1ccc(/C=C(\C#N)C(=O)O[C@H](C)C(=O)NC2(C#N)CCCCC2)cc1. The summed E-state index contributed by atoms with van der Waals surface area (Å²) in [4.78, 5) is 24.6. The maximum atomic E-state index is 12.4. The second kappa shape index (κ2) is 9.00. The van der Waals surface area contributed by atoms with Crippen LogP contribution >= 0.6 is 0 Å². The number of nitrogens with one attached hydrogen (secondary N) is 1. The van der Waals surface area contributed by atoms with E-state index in [2.05, 4.69) is 11.4 Å². The van der Waals surface area contributed by atoms with Gasteiger partial charge in [0.25, 0.3) is 5.91 Å². The molecule has 0 aromatic heterocycles. The van der Waals surface area contributed by atoms with E-state index in [9.17, 15) is 20.1 Å². The minimum atomic E-state index is -1.10. The van der Waals surface area contributed by atoms with Gasteiger partial charge in [0.2, 0.25) is 0 Å². The minimum absolute atomic E-state index is 0.189. The fraction of sp³-hybridized carbons (Fsp3) is 0.429. The van der Waals surface area contributed by atoms with Gasteiger partial charge in [-0.2, -0.15) is 10.5 Å². The summed E-state index contributed by atoms with van der Waals surface area (Å²) in [6, 6.07) is 11.3. The van der Waals surface area contributed by atoms with E-state index < -0.39 is 23.5 Å². The molecule has 1 aromatic rings. The van der Waals surface area contributed by atoms with Crippen LogP contribution in [-0.4, -0.2) is 23.5 Å². The summed E-state index contributed by atoms with van der Waals surface area (Å²) in [7, 11) is 0. The smallest absolute Gasteiger partial charge is 0.349 e. The van der Waals surface area contributed by atoms with Crippen molar-refractivity contribution in [2.75, 3.05) is 0 Å². The molecule has 140 valence electrons. The average Bonchev–Trinajstić information content (AvgIpc) is 2.68. The molecule has 1 saturated carbocycles. The van der Waals surface area contributed by atoms with E-state index in [1.54, 1.807) is 12.1 Å². The molecule has 27 heavy (non-hydrogen) atoms. The largest absolute Gasteiger partial charge is 0.448 e. The van der Waals surface area contributed by atoms with Crippen molar-refractivity contribution >= 4 is 18.0 Å². The molecule has 1 N–H and O–H groups in total. The molecule has 1 atom stereocenters. The van der Waals surface area contributed by atoms with Crippen LogP contribution in [0.5, 0.6) is 0 Å². The second-order valence-corrected chi connectivity index (χ2v) is 6.87. The first kappa shape index (κ1) is 20.2. The fourth-order valence-electron chi connectivity index (χ4n) is 3.00. The number of benzene rings is 1. The highest BCUT2D eigenvalue weighted by Crippen LogP contribution is 2.27. The molecule has 1 aliphatic rings. The van der Waals surface area contributed by atoms with Crippen molar-refractivity contribution in [3.8, 4) is 12.1 Å². The normalized spacial score (nSPS) is 17.1. The van der Waals surface area contributed by atoms with E-state index >= 15 is 0 Å². The molecule has 2 rings (SSSR count). The minimum Gasteiger partial charge on any atom is -0.448 e. The summed E-state index contributed by atoms with van der Waals surface area (Å²) in [5, 5.41) is 21.4. The Balaban J connectivity index is 2.02.